The zero-order chi connectivity index (χ0) is 23.6. The van der Waals surface area contributed by atoms with Crippen molar-refractivity contribution in [3.8, 4) is 5.75 Å². The van der Waals surface area contributed by atoms with Crippen LogP contribution in [-0.4, -0.2) is 35.2 Å². The molecule has 0 radical (unpaired) electrons. The van der Waals surface area contributed by atoms with Crippen molar-refractivity contribution >= 4 is 16.7 Å². The van der Waals surface area contributed by atoms with Gasteiger partial charge in [0.2, 0.25) is 0 Å². The average Bonchev–Trinajstić information content (AvgIpc) is 2.80. The number of fused-ring (bicyclic) bond motifs is 1. The first-order chi connectivity index (χ1) is 15.8. The minimum Gasteiger partial charge on any atom is -0.490 e. The molecule has 0 bridgehead atoms. The third-order valence-electron chi connectivity index (χ3n) is 8.17. The molecule has 1 N–H and O–H groups in total. The molecule has 1 heterocycles. The maximum atomic E-state index is 11.4. The molecule has 0 aromatic heterocycles. The lowest BCUT2D eigenvalue weighted by atomic mass is 9.72. The lowest BCUT2D eigenvalue weighted by molar-refractivity contribution is -0.143. The summed E-state index contributed by atoms with van der Waals surface area (Å²) in [6, 6.07) is 13.4. The summed E-state index contributed by atoms with van der Waals surface area (Å²) >= 11 is 0. The Bertz CT molecular complexity index is 947. The van der Waals surface area contributed by atoms with Crippen molar-refractivity contribution in [2.24, 2.45) is 17.3 Å². The molecule has 1 aliphatic heterocycles. The van der Waals surface area contributed by atoms with Crippen LogP contribution in [0.2, 0.25) is 0 Å². The smallest absolute Gasteiger partial charge is 0.306 e. The number of hydrogen-bond donors (Lipinski definition) is 1. The molecule has 33 heavy (non-hydrogen) atoms. The van der Waals surface area contributed by atoms with Crippen LogP contribution in [0.5, 0.6) is 5.75 Å². The molecule has 2 aromatic rings. The highest BCUT2D eigenvalue weighted by atomic mass is 16.5. The van der Waals surface area contributed by atoms with E-state index in [0.717, 1.165) is 56.9 Å². The first kappa shape index (κ1) is 24.1. The largest absolute Gasteiger partial charge is 0.490 e. The monoisotopic (exact) mass is 451 g/mol. The van der Waals surface area contributed by atoms with E-state index in [1.807, 2.05) is 0 Å². The van der Waals surface area contributed by atoms with Crippen molar-refractivity contribution in [2.45, 2.75) is 84.8 Å². The summed E-state index contributed by atoms with van der Waals surface area (Å²) in [4.78, 5) is 13.9. The number of benzene rings is 2. The van der Waals surface area contributed by atoms with Crippen molar-refractivity contribution < 1.29 is 14.6 Å². The topological polar surface area (TPSA) is 49.8 Å². The fourth-order valence-corrected chi connectivity index (χ4v) is 6.06. The number of rotatable bonds is 6. The second kappa shape index (κ2) is 10.0. The Morgan fingerprint density at radius 1 is 1.00 bits per heavy atom. The predicted octanol–water partition coefficient (Wildman–Crippen LogP) is 7.07. The van der Waals surface area contributed by atoms with Gasteiger partial charge in [-0.2, -0.15) is 0 Å². The van der Waals surface area contributed by atoms with Crippen molar-refractivity contribution in [2.75, 3.05) is 13.1 Å². The molecule has 1 saturated carbocycles. The van der Waals surface area contributed by atoms with Gasteiger partial charge in [-0.15, -0.1) is 0 Å². The lowest BCUT2D eigenvalue weighted by Crippen LogP contribution is -2.38. The Morgan fingerprint density at radius 3 is 2.24 bits per heavy atom. The molecule has 180 valence electrons. The Kier molecular flexibility index (Phi) is 7.33. The number of piperidine rings is 1. The van der Waals surface area contributed by atoms with E-state index in [4.69, 9.17) is 4.74 Å². The molecule has 1 unspecified atom stereocenters. The molecule has 1 saturated heterocycles. The zero-order valence-corrected chi connectivity index (χ0v) is 20.8. The van der Waals surface area contributed by atoms with Crippen LogP contribution in [0.15, 0.2) is 36.4 Å². The molecular weight excluding hydrogens is 410 g/mol. The summed E-state index contributed by atoms with van der Waals surface area (Å²) < 4.78 is 6.60. The van der Waals surface area contributed by atoms with Crippen LogP contribution in [0.1, 0.15) is 84.2 Å². The van der Waals surface area contributed by atoms with Crippen LogP contribution in [0.3, 0.4) is 0 Å². The van der Waals surface area contributed by atoms with Crippen LogP contribution < -0.4 is 4.74 Å². The van der Waals surface area contributed by atoms with Crippen molar-refractivity contribution in [1.29, 1.82) is 0 Å². The molecule has 2 aromatic carbocycles. The molecule has 2 aliphatic rings. The Balaban J connectivity index is 1.52. The maximum absolute atomic E-state index is 11.4. The number of aliphatic carboxylic acids is 1. The molecule has 0 amide bonds. The van der Waals surface area contributed by atoms with Crippen LogP contribution in [-0.2, 0) is 4.79 Å². The highest BCUT2D eigenvalue weighted by Gasteiger charge is 2.31. The third-order valence-corrected chi connectivity index (χ3v) is 8.17. The van der Waals surface area contributed by atoms with Gasteiger partial charge in [0.15, 0.2) is 0 Å². The van der Waals surface area contributed by atoms with Gasteiger partial charge in [-0.25, -0.2) is 0 Å². The molecule has 0 spiro atoms. The van der Waals surface area contributed by atoms with E-state index in [-0.39, 0.29) is 5.92 Å². The average molecular weight is 452 g/mol. The number of carbonyl (C=O) groups is 1. The number of carboxylic acid groups (broad SMARTS) is 1. The van der Waals surface area contributed by atoms with Crippen molar-refractivity contribution in [3.05, 3.63) is 42.0 Å². The van der Waals surface area contributed by atoms with Gasteiger partial charge in [0.25, 0.3) is 0 Å². The fourth-order valence-electron chi connectivity index (χ4n) is 6.06. The van der Waals surface area contributed by atoms with E-state index in [2.05, 4.69) is 69.0 Å². The summed E-state index contributed by atoms with van der Waals surface area (Å²) in [7, 11) is 0. The van der Waals surface area contributed by atoms with Gasteiger partial charge < -0.3 is 9.84 Å². The van der Waals surface area contributed by atoms with E-state index in [1.54, 1.807) is 0 Å². The van der Waals surface area contributed by atoms with E-state index in [9.17, 15) is 9.90 Å². The minimum absolute atomic E-state index is 0.195. The van der Waals surface area contributed by atoms with Crippen LogP contribution in [0.25, 0.3) is 10.8 Å². The van der Waals surface area contributed by atoms with Gasteiger partial charge in [0, 0.05) is 11.4 Å². The third kappa shape index (κ3) is 5.37. The summed E-state index contributed by atoms with van der Waals surface area (Å²) in [5.41, 5.74) is 1.72. The van der Waals surface area contributed by atoms with Crippen LogP contribution in [0.4, 0.5) is 0 Å². The highest BCUT2D eigenvalue weighted by molar-refractivity contribution is 5.91. The first-order valence-electron chi connectivity index (χ1n) is 12.9. The maximum Gasteiger partial charge on any atom is 0.306 e. The van der Waals surface area contributed by atoms with Gasteiger partial charge in [-0.05, 0) is 86.4 Å². The van der Waals surface area contributed by atoms with Gasteiger partial charge in [-0.1, -0.05) is 58.0 Å². The normalized spacial score (nSPS) is 24.0. The number of likely N-dealkylation sites (tertiary alicyclic amines) is 1. The second-order valence-corrected chi connectivity index (χ2v) is 11.2. The first-order valence-corrected chi connectivity index (χ1v) is 12.9. The van der Waals surface area contributed by atoms with E-state index < -0.39 is 5.97 Å². The summed E-state index contributed by atoms with van der Waals surface area (Å²) in [6.45, 7) is 11.0. The SMILES string of the molecule is CCC(c1cccc2c(OC3CCC(C(C)(C)C)CC3)cccc12)N1CCC(C(=O)O)CC1. The quantitative estimate of drug-likeness (QED) is 0.510. The molecule has 1 atom stereocenters. The van der Waals surface area contributed by atoms with Gasteiger partial charge >= 0.3 is 5.97 Å². The summed E-state index contributed by atoms with van der Waals surface area (Å²) in [5, 5.41) is 11.8. The fraction of sp³-hybridized carbons (Fsp3) is 0.621. The summed E-state index contributed by atoms with van der Waals surface area (Å²) in [6.07, 6.45) is 7.55. The van der Waals surface area contributed by atoms with Gasteiger partial charge in [-0.3, -0.25) is 9.69 Å². The minimum atomic E-state index is -0.647. The van der Waals surface area contributed by atoms with Crippen molar-refractivity contribution in [3.63, 3.8) is 0 Å². The number of hydrogen-bond acceptors (Lipinski definition) is 3. The highest BCUT2D eigenvalue weighted by Crippen LogP contribution is 2.40. The molecule has 1 aliphatic carbocycles. The Labute approximate surface area is 199 Å². The van der Waals surface area contributed by atoms with Gasteiger partial charge in [0.1, 0.15) is 5.75 Å². The van der Waals surface area contributed by atoms with Gasteiger partial charge in [0.05, 0.1) is 12.0 Å². The van der Waals surface area contributed by atoms with E-state index in [1.165, 1.54) is 29.2 Å². The predicted molar refractivity (Wildman–Crippen MR) is 135 cm³/mol. The van der Waals surface area contributed by atoms with Crippen LogP contribution >= 0.6 is 0 Å². The number of ether oxygens (including phenoxy) is 1. The molecule has 4 nitrogen and oxygen atoms in total. The molecule has 4 heteroatoms. The number of nitrogens with zero attached hydrogens (tertiary/aromatic N) is 1. The van der Waals surface area contributed by atoms with E-state index >= 15 is 0 Å². The Hall–Kier alpha value is -2.07. The summed E-state index contributed by atoms with van der Waals surface area (Å²) in [5.74, 6) is 0.950. The zero-order valence-electron chi connectivity index (χ0n) is 20.8. The number of carboxylic acids is 1. The van der Waals surface area contributed by atoms with E-state index in [0.29, 0.717) is 17.6 Å². The molecular formula is C29H41NO3. The van der Waals surface area contributed by atoms with Crippen LogP contribution in [0, 0.1) is 17.3 Å². The van der Waals surface area contributed by atoms with Crippen molar-refractivity contribution in [1.82, 2.24) is 4.90 Å². The second-order valence-electron chi connectivity index (χ2n) is 11.2. The molecule has 2 fully saturated rings. The lowest BCUT2D eigenvalue weighted by Gasteiger charge is -2.37. The molecule has 4 rings (SSSR count). The standard InChI is InChI=1S/C29H41NO3/c1-5-26(30-18-16-20(17-19-30)28(31)32)24-9-6-10-25-23(24)8-7-11-27(25)33-22-14-12-21(13-15-22)29(2,3)4/h6-11,20-22,26H,5,12-19H2,1-4H3,(H,31,32). The Morgan fingerprint density at radius 2 is 1.64 bits per heavy atom.